The number of methoxy groups -OCH3 is 1. The molecule has 0 N–H and O–H groups in total. The number of hydrogen-bond donors (Lipinski definition) is 0. The first-order chi connectivity index (χ1) is 7.13. The van der Waals surface area contributed by atoms with Gasteiger partial charge in [-0.3, -0.25) is 4.98 Å². The molecule has 0 saturated heterocycles. The number of aromatic nitrogens is 1. The minimum absolute atomic E-state index is 0.176. The van der Waals surface area contributed by atoms with Crippen molar-refractivity contribution >= 4 is 22.5 Å². The molecule has 1 aromatic carbocycles. The number of hydrogen-bond acceptors (Lipinski definition) is 2. The quantitative estimate of drug-likeness (QED) is 0.743. The average Bonchev–Trinajstić information content (AvgIpc) is 2.24. The van der Waals surface area contributed by atoms with E-state index in [2.05, 4.69) is 4.98 Å². The van der Waals surface area contributed by atoms with Gasteiger partial charge in [0.2, 0.25) is 0 Å². The van der Waals surface area contributed by atoms with E-state index in [1.165, 1.54) is 19.2 Å². The molecule has 78 valence electrons. The van der Waals surface area contributed by atoms with Crippen molar-refractivity contribution in [1.82, 2.24) is 4.98 Å². The maximum Gasteiger partial charge on any atom is 0.165 e. The van der Waals surface area contributed by atoms with Crippen molar-refractivity contribution < 1.29 is 9.13 Å². The molecule has 0 aliphatic heterocycles. The van der Waals surface area contributed by atoms with Crippen LogP contribution in [0, 0.1) is 12.7 Å². The van der Waals surface area contributed by atoms with Crippen molar-refractivity contribution in [3.05, 3.63) is 34.7 Å². The number of benzene rings is 1. The summed E-state index contributed by atoms with van der Waals surface area (Å²) in [5.41, 5.74) is 1.46. The van der Waals surface area contributed by atoms with Crippen LogP contribution in [0.2, 0.25) is 5.02 Å². The highest BCUT2D eigenvalue weighted by atomic mass is 35.5. The van der Waals surface area contributed by atoms with Crippen LogP contribution in [0.4, 0.5) is 4.39 Å². The molecule has 0 unspecified atom stereocenters. The van der Waals surface area contributed by atoms with Crippen LogP contribution in [0.1, 0.15) is 5.56 Å². The summed E-state index contributed by atoms with van der Waals surface area (Å²) in [6, 6.07) is 2.88. The van der Waals surface area contributed by atoms with Crippen LogP contribution in [0.3, 0.4) is 0 Å². The fourth-order valence-corrected chi connectivity index (χ4v) is 1.62. The molecule has 0 spiro atoms. The first kappa shape index (κ1) is 10.2. The van der Waals surface area contributed by atoms with Gasteiger partial charge in [-0.05, 0) is 18.6 Å². The molecular formula is C11H9ClFNO. The number of pyridine rings is 1. The van der Waals surface area contributed by atoms with Gasteiger partial charge in [-0.1, -0.05) is 11.6 Å². The molecule has 0 aliphatic rings. The molecule has 0 bridgehead atoms. The van der Waals surface area contributed by atoms with Crippen molar-refractivity contribution in [3.8, 4) is 5.75 Å². The number of halogens is 2. The SMILES string of the molecule is COc1cc2ncc(C)c(Cl)c2cc1F. The van der Waals surface area contributed by atoms with Crippen molar-refractivity contribution in [2.45, 2.75) is 6.92 Å². The van der Waals surface area contributed by atoms with Gasteiger partial charge in [-0.15, -0.1) is 0 Å². The summed E-state index contributed by atoms with van der Waals surface area (Å²) >= 11 is 6.05. The van der Waals surface area contributed by atoms with Crippen molar-refractivity contribution in [1.29, 1.82) is 0 Å². The molecule has 0 radical (unpaired) electrons. The average molecular weight is 226 g/mol. The Labute approximate surface area is 91.6 Å². The van der Waals surface area contributed by atoms with Gasteiger partial charge in [0.25, 0.3) is 0 Å². The van der Waals surface area contributed by atoms with E-state index in [0.29, 0.717) is 15.9 Å². The fraction of sp³-hybridized carbons (Fsp3) is 0.182. The maximum absolute atomic E-state index is 13.4. The highest BCUT2D eigenvalue weighted by Gasteiger charge is 2.09. The Morgan fingerprint density at radius 1 is 1.40 bits per heavy atom. The Morgan fingerprint density at radius 3 is 2.80 bits per heavy atom. The number of nitrogens with zero attached hydrogens (tertiary/aromatic N) is 1. The fourth-order valence-electron chi connectivity index (χ4n) is 1.42. The summed E-state index contributed by atoms with van der Waals surface area (Å²) in [7, 11) is 1.42. The molecule has 1 heterocycles. The van der Waals surface area contributed by atoms with Crippen LogP contribution in [0.25, 0.3) is 10.9 Å². The Bertz CT molecular complexity index is 527. The predicted octanol–water partition coefficient (Wildman–Crippen LogP) is 3.34. The third-order valence-corrected chi connectivity index (χ3v) is 2.75. The van der Waals surface area contributed by atoms with Crippen LogP contribution < -0.4 is 4.74 Å². The van der Waals surface area contributed by atoms with Crippen LogP contribution in [0.15, 0.2) is 18.3 Å². The molecule has 0 aliphatic carbocycles. The second kappa shape index (κ2) is 3.66. The van der Waals surface area contributed by atoms with Gasteiger partial charge in [-0.2, -0.15) is 0 Å². The van der Waals surface area contributed by atoms with Gasteiger partial charge in [0.15, 0.2) is 11.6 Å². The number of fused-ring (bicyclic) bond motifs is 1. The molecule has 2 rings (SSSR count). The number of rotatable bonds is 1. The zero-order valence-corrected chi connectivity index (χ0v) is 9.10. The van der Waals surface area contributed by atoms with Crippen LogP contribution in [0.5, 0.6) is 5.75 Å². The van der Waals surface area contributed by atoms with Crippen molar-refractivity contribution in [2.75, 3.05) is 7.11 Å². The number of aryl methyl sites for hydroxylation is 1. The number of ether oxygens (including phenoxy) is 1. The highest BCUT2D eigenvalue weighted by Crippen LogP contribution is 2.29. The summed E-state index contributed by atoms with van der Waals surface area (Å²) in [5, 5.41) is 1.14. The molecule has 15 heavy (non-hydrogen) atoms. The lowest BCUT2D eigenvalue weighted by Crippen LogP contribution is -1.91. The zero-order chi connectivity index (χ0) is 11.0. The molecule has 0 fully saturated rings. The van der Waals surface area contributed by atoms with Crippen LogP contribution in [-0.2, 0) is 0 Å². The summed E-state index contributed by atoms with van der Waals surface area (Å²) in [6.07, 6.45) is 1.65. The van der Waals surface area contributed by atoms with E-state index in [4.69, 9.17) is 16.3 Å². The predicted molar refractivity (Wildman–Crippen MR) is 58.0 cm³/mol. The smallest absolute Gasteiger partial charge is 0.165 e. The zero-order valence-electron chi connectivity index (χ0n) is 8.34. The molecule has 0 atom stereocenters. The monoisotopic (exact) mass is 225 g/mol. The minimum atomic E-state index is -0.431. The molecule has 2 nitrogen and oxygen atoms in total. The van der Waals surface area contributed by atoms with Crippen molar-refractivity contribution in [3.63, 3.8) is 0 Å². The van der Waals surface area contributed by atoms with E-state index in [-0.39, 0.29) is 5.75 Å². The Morgan fingerprint density at radius 2 is 2.13 bits per heavy atom. The molecule has 2 aromatic rings. The van der Waals surface area contributed by atoms with Gasteiger partial charge in [-0.25, -0.2) is 4.39 Å². The Hall–Kier alpha value is -1.35. The van der Waals surface area contributed by atoms with Crippen molar-refractivity contribution in [2.24, 2.45) is 0 Å². The molecular weight excluding hydrogens is 217 g/mol. The Kier molecular flexibility index (Phi) is 2.49. The summed E-state index contributed by atoms with van der Waals surface area (Å²) in [5.74, 6) is -0.255. The highest BCUT2D eigenvalue weighted by molar-refractivity contribution is 6.36. The second-order valence-corrected chi connectivity index (χ2v) is 3.64. The van der Waals surface area contributed by atoms with Gasteiger partial charge >= 0.3 is 0 Å². The summed E-state index contributed by atoms with van der Waals surface area (Å²) in [4.78, 5) is 4.16. The molecule has 0 amide bonds. The lowest BCUT2D eigenvalue weighted by Gasteiger charge is -2.06. The first-order valence-electron chi connectivity index (χ1n) is 4.42. The van der Waals surface area contributed by atoms with Gasteiger partial charge in [0.05, 0.1) is 17.6 Å². The summed E-state index contributed by atoms with van der Waals surface area (Å²) in [6.45, 7) is 1.83. The largest absolute Gasteiger partial charge is 0.494 e. The van der Waals surface area contributed by atoms with Gasteiger partial charge in [0.1, 0.15) is 0 Å². The molecule has 1 aromatic heterocycles. The van der Waals surface area contributed by atoms with Gasteiger partial charge in [0, 0.05) is 17.6 Å². The minimum Gasteiger partial charge on any atom is -0.494 e. The van der Waals surface area contributed by atoms with E-state index >= 15 is 0 Å². The first-order valence-corrected chi connectivity index (χ1v) is 4.79. The van der Waals surface area contributed by atoms with Crippen LogP contribution in [-0.4, -0.2) is 12.1 Å². The third kappa shape index (κ3) is 1.63. The van der Waals surface area contributed by atoms with E-state index in [9.17, 15) is 4.39 Å². The lowest BCUT2D eigenvalue weighted by atomic mass is 10.1. The lowest BCUT2D eigenvalue weighted by molar-refractivity contribution is 0.387. The Balaban J connectivity index is 2.81. The second-order valence-electron chi connectivity index (χ2n) is 3.26. The topological polar surface area (TPSA) is 22.1 Å². The third-order valence-electron chi connectivity index (χ3n) is 2.25. The van der Waals surface area contributed by atoms with E-state index in [1.54, 1.807) is 6.20 Å². The van der Waals surface area contributed by atoms with E-state index in [1.807, 2.05) is 6.92 Å². The van der Waals surface area contributed by atoms with E-state index < -0.39 is 5.82 Å². The maximum atomic E-state index is 13.4. The molecule has 4 heteroatoms. The normalized spacial score (nSPS) is 10.7. The standard InChI is InChI=1S/C11H9ClFNO/c1-6-5-14-9-4-10(15-2)8(13)3-7(9)11(6)12/h3-5H,1-2H3. The van der Waals surface area contributed by atoms with E-state index in [0.717, 1.165) is 5.56 Å². The summed E-state index contributed by atoms with van der Waals surface area (Å²) < 4.78 is 18.3. The van der Waals surface area contributed by atoms with Gasteiger partial charge < -0.3 is 4.74 Å². The molecule has 0 saturated carbocycles. The van der Waals surface area contributed by atoms with Crippen LogP contribution >= 0.6 is 11.6 Å².